The normalized spacial score (nSPS) is 16.1. The third kappa shape index (κ3) is 5.03. The topological polar surface area (TPSA) is 76.3 Å². The van der Waals surface area contributed by atoms with Gasteiger partial charge in [0.05, 0.1) is 24.7 Å². The van der Waals surface area contributed by atoms with Crippen molar-refractivity contribution in [2.45, 2.75) is 38.8 Å². The first-order valence-electron chi connectivity index (χ1n) is 10.1. The summed E-state index contributed by atoms with van der Waals surface area (Å²) < 4.78 is 1.25. The summed E-state index contributed by atoms with van der Waals surface area (Å²) >= 11 is 1.74. The molecule has 5 nitrogen and oxygen atoms in total. The molecule has 1 amide bonds. The molecule has 1 aromatic carbocycles. The number of hydrogen-bond acceptors (Lipinski definition) is 5. The Balaban J connectivity index is 0.00000272. The number of ketones is 1. The van der Waals surface area contributed by atoms with Gasteiger partial charge < -0.3 is 10.6 Å². The number of hydrogen-bond donors (Lipinski definition) is 1. The lowest BCUT2D eigenvalue weighted by Crippen LogP contribution is -2.30. The van der Waals surface area contributed by atoms with E-state index in [1.165, 1.54) is 20.5 Å². The van der Waals surface area contributed by atoms with E-state index in [1.807, 2.05) is 25.2 Å². The summed E-state index contributed by atoms with van der Waals surface area (Å²) in [6.45, 7) is 2.69. The molecule has 31 heavy (non-hydrogen) atoms. The van der Waals surface area contributed by atoms with Gasteiger partial charge in [-0.2, -0.15) is 0 Å². The van der Waals surface area contributed by atoms with Crippen molar-refractivity contribution in [2.75, 3.05) is 7.05 Å². The van der Waals surface area contributed by atoms with Crippen LogP contribution in [0.15, 0.2) is 42.6 Å². The van der Waals surface area contributed by atoms with Crippen molar-refractivity contribution in [1.29, 1.82) is 0 Å². The van der Waals surface area contributed by atoms with Crippen LogP contribution < -0.4 is 5.73 Å². The number of benzene rings is 1. The molecule has 0 saturated heterocycles. The Kier molecular flexibility index (Phi) is 7.26. The minimum atomic E-state index is -0.411. The average molecular weight is 456 g/mol. The monoisotopic (exact) mass is 455 g/mol. The zero-order valence-corrected chi connectivity index (χ0v) is 19.3. The molecule has 0 unspecified atom stereocenters. The molecule has 0 fully saturated rings. The third-order valence-electron chi connectivity index (χ3n) is 5.68. The van der Waals surface area contributed by atoms with E-state index >= 15 is 0 Å². The zero-order chi connectivity index (χ0) is 21.3. The van der Waals surface area contributed by atoms with Gasteiger partial charge in [-0.15, -0.1) is 23.7 Å². The number of aryl methyl sites for hydroxylation is 2. The van der Waals surface area contributed by atoms with Gasteiger partial charge in [0.2, 0.25) is 5.91 Å². The Morgan fingerprint density at radius 2 is 2.13 bits per heavy atom. The molecular formula is C24H26ClN3O2S. The Labute approximate surface area is 192 Å². The fourth-order valence-electron chi connectivity index (χ4n) is 3.76. The number of carbonyl (C=O) groups is 2. The molecule has 0 bridgehead atoms. The number of Topliss-reactive ketones (excluding diaryl/α,β-unsaturated/α-hetero) is 1. The summed E-state index contributed by atoms with van der Waals surface area (Å²) in [5.41, 5.74) is 9.82. The lowest BCUT2D eigenvalue weighted by molar-refractivity contribution is -0.125. The van der Waals surface area contributed by atoms with Crippen LogP contribution in [0.3, 0.4) is 0 Å². The number of likely N-dealkylation sites (N-methyl/N-ethyl adjacent to an activating group) is 1. The molecule has 2 aromatic heterocycles. The molecule has 2 N–H and O–H groups in total. The summed E-state index contributed by atoms with van der Waals surface area (Å²) in [7, 11) is 1.82. The first kappa shape index (κ1) is 23.1. The van der Waals surface area contributed by atoms with Gasteiger partial charge in [0.15, 0.2) is 5.78 Å². The smallest absolute Gasteiger partial charge is 0.246 e. The molecule has 4 rings (SSSR count). The predicted molar refractivity (Wildman–Crippen MR) is 129 cm³/mol. The van der Waals surface area contributed by atoms with E-state index in [2.05, 4.69) is 24.0 Å². The van der Waals surface area contributed by atoms with Gasteiger partial charge in [-0.3, -0.25) is 14.6 Å². The van der Waals surface area contributed by atoms with Crippen LogP contribution >= 0.6 is 23.7 Å². The molecule has 0 spiro atoms. The van der Waals surface area contributed by atoms with Crippen LogP contribution in [0.25, 0.3) is 16.2 Å². The average Bonchev–Trinajstić information content (AvgIpc) is 2.98. The Morgan fingerprint density at radius 3 is 2.90 bits per heavy atom. The molecular weight excluding hydrogens is 430 g/mol. The summed E-state index contributed by atoms with van der Waals surface area (Å²) in [5, 5.41) is 1.25. The zero-order valence-electron chi connectivity index (χ0n) is 17.6. The van der Waals surface area contributed by atoms with E-state index in [0.717, 1.165) is 23.2 Å². The minimum Gasteiger partial charge on any atom is -0.337 e. The maximum absolute atomic E-state index is 12.6. The highest BCUT2D eigenvalue weighted by Crippen LogP contribution is 2.31. The number of halogens is 1. The van der Waals surface area contributed by atoms with E-state index in [9.17, 15) is 9.59 Å². The van der Waals surface area contributed by atoms with Crippen LogP contribution in [0.4, 0.5) is 0 Å². The van der Waals surface area contributed by atoms with Crippen molar-refractivity contribution >= 4 is 51.6 Å². The summed E-state index contributed by atoms with van der Waals surface area (Å²) in [4.78, 5) is 32.0. The second kappa shape index (κ2) is 9.73. The van der Waals surface area contributed by atoms with Gasteiger partial charge in [0, 0.05) is 28.9 Å². The number of nitrogens with two attached hydrogens (primary N) is 1. The van der Waals surface area contributed by atoms with Crippen molar-refractivity contribution in [3.05, 3.63) is 69.9 Å². The third-order valence-corrected chi connectivity index (χ3v) is 6.94. The number of thiophene rings is 1. The number of fused-ring (bicyclic) bond motifs is 2. The summed E-state index contributed by atoms with van der Waals surface area (Å²) in [5.74, 6) is -0.0168. The quantitative estimate of drug-likeness (QED) is 0.475. The van der Waals surface area contributed by atoms with Crippen LogP contribution in [-0.4, -0.2) is 34.7 Å². The second-order valence-corrected chi connectivity index (χ2v) is 8.97. The van der Waals surface area contributed by atoms with E-state index in [-0.39, 0.29) is 30.5 Å². The van der Waals surface area contributed by atoms with Gasteiger partial charge in [-0.05, 0) is 60.1 Å². The highest BCUT2D eigenvalue weighted by molar-refractivity contribution is 7.19. The second-order valence-electron chi connectivity index (χ2n) is 7.84. The molecule has 3 aromatic rings. The number of amides is 1. The molecule has 0 saturated carbocycles. The van der Waals surface area contributed by atoms with Crippen molar-refractivity contribution < 1.29 is 9.59 Å². The van der Waals surface area contributed by atoms with Crippen LogP contribution in [0.2, 0.25) is 0 Å². The number of pyridine rings is 1. The van der Waals surface area contributed by atoms with E-state index in [0.29, 0.717) is 13.0 Å². The summed E-state index contributed by atoms with van der Waals surface area (Å²) in [6, 6.07) is 9.92. The SMILES string of the molecule is Cc1c(CN(C)C(=O)/C=C/c2cnc3c(c2)CC[C@@H](N)C(=O)C3)sc2ccccc12.Cl. The molecule has 1 atom stereocenters. The Morgan fingerprint density at radius 1 is 1.35 bits per heavy atom. The van der Waals surface area contributed by atoms with Gasteiger partial charge in [-0.1, -0.05) is 18.2 Å². The van der Waals surface area contributed by atoms with Gasteiger partial charge in [-0.25, -0.2) is 0 Å². The van der Waals surface area contributed by atoms with Crippen LogP contribution in [-0.2, 0) is 29.0 Å². The fourth-order valence-corrected chi connectivity index (χ4v) is 5.02. The van der Waals surface area contributed by atoms with E-state index < -0.39 is 6.04 Å². The standard InChI is InChI=1S/C24H25N3O2S.ClH/c1-15-18-5-3-4-6-22(18)30-23(15)14-27(2)24(29)10-7-16-11-17-8-9-19(25)21(28)12-20(17)26-13-16;/h3-7,10-11,13,19H,8-9,12,14,25H2,1-2H3;1H/b10-7+;/t19-;/m1./s1. The van der Waals surface area contributed by atoms with Crippen molar-refractivity contribution in [1.82, 2.24) is 9.88 Å². The summed E-state index contributed by atoms with van der Waals surface area (Å²) in [6.07, 6.45) is 6.74. The Bertz CT molecular complexity index is 1150. The molecule has 0 radical (unpaired) electrons. The van der Waals surface area contributed by atoms with Crippen LogP contribution in [0, 0.1) is 6.92 Å². The highest BCUT2D eigenvalue weighted by Gasteiger charge is 2.21. The lowest BCUT2D eigenvalue weighted by atomic mass is 10.1. The van der Waals surface area contributed by atoms with E-state index in [1.54, 1.807) is 34.6 Å². The van der Waals surface area contributed by atoms with Crippen LogP contribution in [0.5, 0.6) is 0 Å². The molecule has 162 valence electrons. The molecule has 2 heterocycles. The highest BCUT2D eigenvalue weighted by atomic mass is 35.5. The van der Waals surface area contributed by atoms with Gasteiger partial charge in [0.25, 0.3) is 0 Å². The molecule has 7 heteroatoms. The van der Waals surface area contributed by atoms with Crippen molar-refractivity contribution in [3.8, 4) is 0 Å². The van der Waals surface area contributed by atoms with Crippen molar-refractivity contribution in [2.24, 2.45) is 5.73 Å². The maximum Gasteiger partial charge on any atom is 0.246 e. The number of aromatic nitrogens is 1. The predicted octanol–water partition coefficient (Wildman–Crippen LogP) is 4.08. The van der Waals surface area contributed by atoms with Gasteiger partial charge >= 0.3 is 0 Å². The minimum absolute atomic E-state index is 0. The van der Waals surface area contributed by atoms with E-state index in [4.69, 9.17) is 5.73 Å². The Hall–Kier alpha value is -2.54. The number of carbonyl (C=O) groups excluding carboxylic acids is 2. The van der Waals surface area contributed by atoms with Gasteiger partial charge in [0.1, 0.15) is 0 Å². The van der Waals surface area contributed by atoms with Crippen molar-refractivity contribution in [3.63, 3.8) is 0 Å². The first-order chi connectivity index (χ1) is 14.4. The largest absolute Gasteiger partial charge is 0.337 e. The molecule has 1 aliphatic rings. The molecule has 1 aliphatic carbocycles. The lowest BCUT2D eigenvalue weighted by Gasteiger charge is -2.14. The number of nitrogens with zero attached hydrogens (tertiary/aromatic N) is 2. The first-order valence-corrected chi connectivity index (χ1v) is 10.9. The maximum atomic E-state index is 12.6. The van der Waals surface area contributed by atoms with Crippen LogP contribution in [0.1, 0.15) is 33.7 Å². The number of rotatable bonds is 4. The molecule has 0 aliphatic heterocycles. The fraction of sp³-hybridized carbons (Fsp3) is 0.292.